The molecule has 0 saturated carbocycles. The lowest BCUT2D eigenvalue weighted by atomic mass is 10.0. The van der Waals surface area contributed by atoms with Gasteiger partial charge in [0, 0.05) is 31.4 Å². The maximum absolute atomic E-state index is 11.9. The zero-order valence-electron chi connectivity index (χ0n) is 17.1. The first-order valence-electron chi connectivity index (χ1n) is 10.0. The molecule has 2 heterocycles. The molecule has 2 aromatic rings. The Morgan fingerprint density at radius 2 is 1.93 bits per heavy atom. The summed E-state index contributed by atoms with van der Waals surface area (Å²) in [5.74, 6) is 0. The van der Waals surface area contributed by atoms with E-state index in [2.05, 4.69) is 44.6 Å². The lowest BCUT2D eigenvalue weighted by Gasteiger charge is -2.34. The molecule has 1 aliphatic rings. The number of alkyl carbamates (subject to hydrolysis) is 1. The zero-order chi connectivity index (χ0) is 20.0. The summed E-state index contributed by atoms with van der Waals surface area (Å²) in [5.41, 5.74) is 2.13. The maximum atomic E-state index is 11.9. The van der Waals surface area contributed by atoms with E-state index in [0.717, 1.165) is 45.3 Å². The Morgan fingerprint density at radius 3 is 2.54 bits per heavy atom. The van der Waals surface area contributed by atoms with E-state index in [9.17, 15) is 4.79 Å². The first-order valence-corrected chi connectivity index (χ1v) is 10.0. The number of piperidine rings is 1. The van der Waals surface area contributed by atoms with E-state index >= 15 is 0 Å². The number of hydrogen-bond acceptors (Lipinski definition) is 5. The Bertz CT molecular complexity index is 729. The third-order valence-corrected chi connectivity index (χ3v) is 4.84. The van der Waals surface area contributed by atoms with Crippen LogP contribution in [0.3, 0.4) is 0 Å². The average molecular weight is 386 g/mol. The van der Waals surface area contributed by atoms with E-state index in [4.69, 9.17) is 4.74 Å². The summed E-state index contributed by atoms with van der Waals surface area (Å²) >= 11 is 0. The van der Waals surface area contributed by atoms with Crippen LogP contribution in [-0.2, 0) is 17.7 Å². The first kappa shape index (κ1) is 20.2. The number of nitrogens with zero attached hydrogens (tertiary/aromatic N) is 4. The van der Waals surface area contributed by atoms with E-state index in [-0.39, 0.29) is 12.1 Å². The van der Waals surface area contributed by atoms with Gasteiger partial charge in [-0.1, -0.05) is 12.1 Å². The number of aromatic nitrogens is 3. The summed E-state index contributed by atoms with van der Waals surface area (Å²) in [5, 5.41) is 7.12. The van der Waals surface area contributed by atoms with Crippen molar-refractivity contribution in [2.45, 2.75) is 64.6 Å². The van der Waals surface area contributed by atoms with Crippen LogP contribution in [0, 0.1) is 0 Å². The predicted octanol–water partition coefficient (Wildman–Crippen LogP) is 3.40. The van der Waals surface area contributed by atoms with Gasteiger partial charge in [-0.05, 0) is 64.2 Å². The second-order valence-electron chi connectivity index (χ2n) is 8.34. The van der Waals surface area contributed by atoms with Crippen molar-refractivity contribution in [2.24, 2.45) is 0 Å². The lowest BCUT2D eigenvalue weighted by Crippen LogP contribution is -2.46. The average Bonchev–Trinajstić information content (AvgIpc) is 3.15. The number of carbonyl (C=O) groups is 1. The van der Waals surface area contributed by atoms with Crippen LogP contribution >= 0.6 is 0 Å². The number of ether oxygens (including phenoxy) is 1. The summed E-state index contributed by atoms with van der Waals surface area (Å²) in [6.07, 6.45) is 6.94. The summed E-state index contributed by atoms with van der Waals surface area (Å²) in [6.45, 7) is 8.41. The number of carbonyl (C=O) groups excluding carboxylic acids is 1. The molecule has 0 atom stereocenters. The van der Waals surface area contributed by atoms with Crippen LogP contribution in [0.5, 0.6) is 0 Å². The molecule has 1 amide bonds. The van der Waals surface area contributed by atoms with Crippen molar-refractivity contribution in [2.75, 3.05) is 18.0 Å². The quantitative estimate of drug-likeness (QED) is 0.825. The van der Waals surface area contributed by atoms with Crippen molar-refractivity contribution in [1.29, 1.82) is 0 Å². The van der Waals surface area contributed by atoms with Gasteiger partial charge < -0.3 is 15.0 Å². The van der Waals surface area contributed by atoms with Crippen LogP contribution in [0.2, 0.25) is 0 Å². The van der Waals surface area contributed by atoms with Gasteiger partial charge in [0.2, 0.25) is 0 Å². The summed E-state index contributed by atoms with van der Waals surface area (Å²) < 4.78 is 7.21. The second kappa shape index (κ2) is 9.08. The minimum absolute atomic E-state index is 0.183. The van der Waals surface area contributed by atoms with Gasteiger partial charge in [-0.15, -0.1) is 0 Å². The lowest BCUT2D eigenvalue weighted by molar-refractivity contribution is 0.0497. The number of benzene rings is 1. The van der Waals surface area contributed by atoms with E-state index in [1.807, 2.05) is 25.5 Å². The van der Waals surface area contributed by atoms with Gasteiger partial charge in [0.25, 0.3) is 0 Å². The summed E-state index contributed by atoms with van der Waals surface area (Å²) in [6, 6.07) is 9.00. The molecular formula is C21H31N5O2. The van der Waals surface area contributed by atoms with Gasteiger partial charge in [0.1, 0.15) is 18.3 Å². The van der Waals surface area contributed by atoms with Crippen molar-refractivity contribution in [1.82, 2.24) is 20.1 Å². The largest absolute Gasteiger partial charge is 0.444 e. The minimum atomic E-state index is -0.457. The molecule has 152 valence electrons. The van der Waals surface area contributed by atoms with Gasteiger partial charge in [-0.2, -0.15) is 5.10 Å². The number of hydrogen-bond donors (Lipinski definition) is 1. The van der Waals surface area contributed by atoms with E-state index in [0.29, 0.717) is 0 Å². The highest BCUT2D eigenvalue weighted by atomic mass is 16.6. The van der Waals surface area contributed by atoms with Crippen molar-refractivity contribution >= 4 is 11.8 Å². The van der Waals surface area contributed by atoms with Crippen molar-refractivity contribution in [3.05, 3.63) is 42.5 Å². The van der Waals surface area contributed by atoms with E-state index < -0.39 is 5.60 Å². The smallest absolute Gasteiger partial charge is 0.407 e. The van der Waals surface area contributed by atoms with Gasteiger partial charge in [0.05, 0.1) is 0 Å². The van der Waals surface area contributed by atoms with Crippen LogP contribution in [0.15, 0.2) is 36.9 Å². The van der Waals surface area contributed by atoms with Crippen LogP contribution in [0.1, 0.15) is 45.6 Å². The second-order valence-corrected chi connectivity index (χ2v) is 8.34. The number of nitrogens with one attached hydrogen (secondary N) is 1. The molecule has 0 unspecified atom stereocenters. The van der Waals surface area contributed by atoms with Crippen molar-refractivity contribution in [3.63, 3.8) is 0 Å². The molecule has 1 saturated heterocycles. The van der Waals surface area contributed by atoms with Crippen LogP contribution in [0.25, 0.3) is 0 Å². The number of aryl methyl sites for hydroxylation is 2. The molecule has 1 fully saturated rings. The van der Waals surface area contributed by atoms with Gasteiger partial charge in [-0.3, -0.25) is 4.68 Å². The Morgan fingerprint density at radius 1 is 1.21 bits per heavy atom. The molecule has 7 heteroatoms. The van der Waals surface area contributed by atoms with Gasteiger partial charge in [-0.25, -0.2) is 9.78 Å². The Hall–Kier alpha value is -2.57. The Labute approximate surface area is 167 Å². The monoisotopic (exact) mass is 385 g/mol. The van der Waals surface area contributed by atoms with Crippen LogP contribution in [0.4, 0.5) is 10.5 Å². The molecular weight excluding hydrogens is 354 g/mol. The molecule has 0 bridgehead atoms. The maximum Gasteiger partial charge on any atom is 0.407 e. The highest BCUT2D eigenvalue weighted by Crippen LogP contribution is 2.21. The molecule has 0 aliphatic carbocycles. The normalized spacial score (nSPS) is 15.5. The molecule has 7 nitrogen and oxygen atoms in total. The fourth-order valence-corrected chi connectivity index (χ4v) is 3.42. The number of anilines is 1. The third kappa shape index (κ3) is 6.25. The Balaban J connectivity index is 1.41. The SMILES string of the molecule is CC(C)(C)OC(=O)NC1CCN(c2ccc(CCCn3cncn3)cc2)CC1. The van der Waals surface area contributed by atoms with Gasteiger partial charge >= 0.3 is 6.09 Å². The molecule has 1 aliphatic heterocycles. The molecule has 3 rings (SSSR count). The zero-order valence-corrected chi connectivity index (χ0v) is 17.1. The van der Waals surface area contributed by atoms with E-state index in [1.165, 1.54) is 11.3 Å². The molecule has 1 aromatic carbocycles. The third-order valence-electron chi connectivity index (χ3n) is 4.84. The number of rotatable bonds is 6. The van der Waals surface area contributed by atoms with Crippen molar-refractivity contribution < 1.29 is 9.53 Å². The number of amides is 1. The predicted molar refractivity (Wildman–Crippen MR) is 109 cm³/mol. The van der Waals surface area contributed by atoms with Crippen LogP contribution in [-0.4, -0.2) is 45.6 Å². The summed E-state index contributed by atoms with van der Waals surface area (Å²) in [7, 11) is 0. The van der Waals surface area contributed by atoms with Gasteiger partial charge in [0.15, 0.2) is 0 Å². The highest BCUT2D eigenvalue weighted by Gasteiger charge is 2.23. The highest BCUT2D eigenvalue weighted by molar-refractivity contribution is 5.68. The van der Waals surface area contributed by atoms with Crippen molar-refractivity contribution in [3.8, 4) is 0 Å². The molecule has 0 radical (unpaired) electrons. The fourth-order valence-electron chi connectivity index (χ4n) is 3.42. The molecule has 1 aromatic heterocycles. The molecule has 28 heavy (non-hydrogen) atoms. The minimum Gasteiger partial charge on any atom is -0.444 e. The fraction of sp³-hybridized carbons (Fsp3) is 0.571. The van der Waals surface area contributed by atoms with E-state index in [1.54, 1.807) is 12.7 Å². The summed E-state index contributed by atoms with van der Waals surface area (Å²) in [4.78, 5) is 18.3. The standard InChI is InChI=1S/C21H31N5O2/c1-21(2,3)28-20(27)24-18-10-13-25(14-11-18)19-8-6-17(7-9-19)5-4-12-26-16-22-15-23-26/h6-9,15-16,18H,4-5,10-14H2,1-3H3,(H,24,27). The topological polar surface area (TPSA) is 72.3 Å². The molecule has 0 spiro atoms. The van der Waals surface area contributed by atoms with Crippen LogP contribution < -0.4 is 10.2 Å². The first-order chi connectivity index (χ1) is 13.4. The Kier molecular flexibility index (Phi) is 6.54. The molecule has 1 N–H and O–H groups in total.